The van der Waals surface area contributed by atoms with Crippen LogP contribution in [0.5, 0.6) is 5.75 Å². The van der Waals surface area contributed by atoms with E-state index in [1.165, 1.54) is 0 Å². The van der Waals surface area contributed by atoms with Crippen molar-refractivity contribution in [1.82, 2.24) is 0 Å². The summed E-state index contributed by atoms with van der Waals surface area (Å²) in [4.78, 5) is 0.575. The zero-order valence-corrected chi connectivity index (χ0v) is 12.7. The number of hydrogen-bond acceptors (Lipinski definition) is 3. The van der Waals surface area contributed by atoms with Crippen LogP contribution in [0.15, 0.2) is 64.4 Å². The molecule has 0 spiro atoms. The SMILES string of the molecule is CC1(C)C=Cc2cc(S(=O)(=O)c3ccccc3)ccc2O1. The van der Waals surface area contributed by atoms with E-state index in [2.05, 4.69) is 0 Å². The summed E-state index contributed by atoms with van der Waals surface area (Å²) in [5, 5.41) is 0. The largest absolute Gasteiger partial charge is 0.483 e. The van der Waals surface area contributed by atoms with E-state index >= 15 is 0 Å². The van der Waals surface area contributed by atoms with Crippen molar-refractivity contribution in [3.63, 3.8) is 0 Å². The molecule has 4 heteroatoms. The molecule has 108 valence electrons. The van der Waals surface area contributed by atoms with Crippen molar-refractivity contribution in [1.29, 1.82) is 0 Å². The van der Waals surface area contributed by atoms with Gasteiger partial charge in [-0.2, -0.15) is 0 Å². The van der Waals surface area contributed by atoms with Gasteiger partial charge in [0, 0.05) is 5.56 Å². The van der Waals surface area contributed by atoms with Gasteiger partial charge in [-0.1, -0.05) is 24.3 Å². The first-order valence-electron chi connectivity index (χ1n) is 6.71. The second kappa shape index (κ2) is 4.74. The maximum absolute atomic E-state index is 12.6. The highest BCUT2D eigenvalue weighted by Gasteiger charge is 2.24. The van der Waals surface area contributed by atoms with E-state index < -0.39 is 9.84 Å². The van der Waals surface area contributed by atoms with Crippen molar-refractivity contribution in [2.75, 3.05) is 0 Å². The molecular formula is C17H16O3S. The molecule has 0 aromatic heterocycles. The molecule has 1 aliphatic heterocycles. The second-order valence-electron chi connectivity index (χ2n) is 5.55. The molecule has 0 N–H and O–H groups in total. The summed E-state index contributed by atoms with van der Waals surface area (Å²) in [5.41, 5.74) is 0.415. The Kier molecular flexibility index (Phi) is 3.14. The summed E-state index contributed by atoms with van der Waals surface area (Å²) < 4.78 is 31.0. The Balaban J connectivity index is 2.06. The van der Waals surface area contributed by atoms with Gasteiger partial charge in [0.05, 0.1) is 9.79 Å². The van der Waals surface area contributed by atoms with E-state index in [-0.39, 0.29) is 10.5 Å². The van der Waals surface area contributed by atoms with Crippen LogP contribution in [-0.4, -0.2) is 14.0 Å². The van der Waals surface area contributed by atoms with Crippen LogP contribution < -0.4 is 4.74 Å². The quantitative estimate of drug-likeness (QED) is 0.849. The Hall–Kier alpha value is -2.07. The lowest BCUT2D eigenvalue weighted by Gasteiger charge is -2.28. The Morgan fingerprint density at radius 1 is 0.952 bits per heavy atom. The first-order chi connectivity index (χ1) is 9.88. The number of benzene rings is 2. The van der Waals surface area contributed by atoms with Crippen LogP contribution in [-0.2, 0) is 9.84 Å². The Bertz CT molecular complexity index is 803. The minimum absolute atomic E-state index is 0.278. The van der Waals surface area contributed by atoms with Crippen molar-refractivity contribution in [3.8, 4) is 5.75 Å². The van der Waals surface area contributed by atoms with Gasteiger partial charge in [0.1, 0.15) is 11.4 Å². The molecule has 0 atom stereocenters. The fraction of sp³-hybridized carbons (Fsp3) is 0.176. The Labute approximate surface area is 124 Å². The average Bonchev–Trinajstić information content (AvgIpc) is 2.46. The first-order valence-corrected chi connectivity index (χ1v) is 8.19. The maximum atomic E-state index is 12.6. The van der Waals surface area contributed by atoms with Gasteiger partial charge in [-0.05, 0) is 50.3 Å². The normalized spacial score (nSPS) is 16.1. The molecule has 0 bridgehead atoms. The highest BCUT2D eigenvalue weighted by molar-refractivity contribution is 7.91. The van der Waals surface area contributed by atoms with Crippen LogP contribution in [0.4, 0.5) is 0 Å². The summed E-state index contributed by atoms with van der Waals surface area (Å²) in [7, 11) is -3.49. The van der Waals surface area contributed by atoms with Gasteiger partial charge in [-0.25, -0.2) is 8.42 Å². The van der Waals surface area contributed by atoms with Crippen molar-refractivity contribution < 1.29 is 13.2 Å². The number of sulfone groups is 1. The molecule has 1 heterocycles. The van der Waals surface area contributed by atoms with Crippen LogP contribution in [0.1, 0.15) is 19.4 Å². The van der Waals surface area contributed by atoms with Gasteiger partial charge in [0.2, 0.25) is 9.84 Å². The predicted octanol–water partition coefficient (Wildman–Crippen LogP) is 3.70. The van der Waals surface area contributed by atoms with Gasteiger partial charge in [0.15, 0.2) is 0 Å². The maximum Gasteiger partial charge on any atom is 0.206 e. The molecule has 0 saturated carbocycles. The monoisotopic (exact) mass is 300 g/mol. The molecule has 0 aliphatic carbocycles. The van der Waals surface area contributed by atoms with Crippen LogP contribution >= 0.6 is 0 Å². The van der Waals surface area contributed by atoms with Gasteiger partial charge in [-0.15, -0.1) is 0 Å². The van der Waals surface area contributed by atoms with Gasteiger partial charge in [0.25, 0.3) is 0 Å². The highest BCUT2D eigenvalue weighted by atomic mass is 32.2. The minimum Gasteiger partial charge on any atom is -0.483 e. The van der Waals surface area contributed by atoms with Crippen LogP contribution in [0.2, 0.25) is 0 Å². The molecule has 0 amide bonds. The molecule has 2 aromatic rings. The lowest BCUT2D eigenvalue weighted by atomic mass is 10.0. The molecule has 1 aliphatic rings. The van der Waals surface area contributed by atoms with Gasteiger partial charge < -0.3 is 4.74 Å². The standard InChI is InChI=1S/C17H16O3S/c1-17(2)11-10-13-12-15(8-9-16(13)20-17)21(18,19)14-6-4-3-5-7-14/h3-12H,1-2H3. The van der Waals surface area contributed by atoms with E-state index in [0.29, 0.717) is 10.6 Å². The highest BCUT2D eigenvalue weighted by Crippen LogP contribution is 2.33. The van der Waals surface area contributed by atoms with E-state index in [4.69, 9.17) is 4.74 Å². The van der Waals surface area contributed by atoms with Crippen LogP contribution in [0, 0.1) is 0 Å². The predicted molar refractivity (Wildman–Crippen MR) is 82.1 cm³/mol. The smallest absolute Gasteiger partial charge is 0.206 e. The number of ether oxygens (including phenoxy) is 1. The third kappa shape index (κ3) is 2.59. The molecule has 3 nitrogen and oxygen atoms in total. The zero-order valence-electron chi connectivity index (χ0n) is 11.9. The summed E-state index contributed by atoms with van der Waals surface area (Å²) in [6, 6.07) is 13.4. The van der Waals surface area contributed by atoms with Gasteiger partial charge in [-0.3, -0.25) is 0 Å². The van der Waals surface area contributed by atoms with Crippen LogP contribution in [0.25, 0.3) is 6.08 Å². The van der Waals surface area contributed by atoms with Crippen molar-refractivity contribution in [2.24, 2.45) is 0 Å². The summed E-state index contributed by atoms with van der Waals surface area (Å²) in [6.45, 7) is 3.92. The van der Waals surface area contributed by atoms with Crippen molar-refractivity contribution in [2.45, 2.75) is 29.2 Å². The van der Waals surface area contributed by atoms with E-state index in [1.54, 1.807) is 48.5 Å². The number of hydrogen-bond donors (Lipinski definition) is 0. The number of fused-ring (bicyclic) bond motifs is 1. The Morgan fingerprint density at radius 3 is 2.38 bits per heavy atom. The van der Waals surface area contributed by atoms with Crippen molar-refractivity contribution in [3.05, 3.63) is 60.2 Å². The molecular weight excluding hydrogens is 284 g/mol. The lowest BCUT2D eigenvalue weighted by Crippen LogP contribution is -2.27. The summed E-state index contributed by atoms with van der Waals surface area (Å²) in [5.74, 6) is 0.703. The molecule has 0 saturated heterocycles. The fourth-order valence-electron chi connectivity index (χ4n) is 2.26. The van der Waals surface area contributed by atoms with Crippen molar-refractivity contribution >= 4 is 15.9 Å². The van der Waals surface area contributed by atoms with E-state index in [0.717, 1.165) is 5.56 Å². The fourth-order valence-corrected chi connectivity index (χ4v) is 3.58. The van der Waals surface area contributed by atoms with E-state index in [1.807, 2.05) is 26.0 Å². The average molecular weight is 300 g/mol. The molecule has 2 aromatic carbocycles. The summed E-state index contributed by atoms with van der Waals surface area (Å²) >= 11 is 0. The minimum atomic E-state index is -3.49. The lowest BCUT2D eigenvalue weighted by molar-refractivity contribution is 0.159. The molecule has 0 fully saturated rings. The molecule has 0 unspecified atom stereocenters. The first kappa shape index (κ1) is 13.9. The van der Waals surface area contributed by atoms with E-state index in [9.17, 15) is 8.42 Å². The zero-order chi connectivity index (χ0) is 15.1. The third-order valence-electron chi connectivity index (χ3n) is 3.38. The van der Waals surface area contributed by atoms with Gasteiger partial charge >= 0.3 is 0 Å². The molecule has 3 rings (SSSR count). The summed E-state index contributed by atoms with van der Waals surface area (Å²) in [6.07, 6.45) is 3.83. The molecule has 0 radical (unpaired) electrons. The third-order valence-corrected chi connectivity index (χ3v) is 5.15. The molecule has 21 heavy (non-hydrogen) atoms. The topological polar surface area (TPSA) is 43.4 Å². The Morgan fingerprint density at radius 2 is 1.67 bits per heavy atom. The number of rotatable bonds is 2. The van der Waals surface area contributed by atoms with Crippen LogP contribution in [0.3, 0.4) is 0 Å². The second-order valence-corrected chi connectivity index (χ2v) is 7.50.